The van der Waals surface area contributed by atoms with E-state index in [1.165, 1.54) is 0 Å². The number of thiophene rings is 1. The molecule has 0 bridgehead atoms. The van der Waals surface area contributed by atoms with Crippen LogP contribution in [0.3, 0.4) is 0 Å². The molecule has 1 aromatic rings. The highest BCUT2D eigenvalue weighted by Crippen LogP contribution is 2.40. The van der Waals surface area contributed by atoms with Crippen molar-refractivity contribution in [3.05, 3.63) is 21.3 Å². The molecule has 1 N–H and O–H groups in total. The predicted molar refractivity (Wildman–Crippen MR) is 86.3 cm³/mol. The van der Waals surface area contributed by atoms with Gasteiger partial charge in [-0.3, -0.25) is 4.79 Å². The molecule has 1 aliphatic heterocycles. The lowest BCUT2D eigenvalue weighted by atomic mass is 9.84. The van der Waals surface area contributed by atoms with Crippen molar-refractivity contribution < 1.29 is 14.7 Å². The van der Waals surface area contributed by atoms with Crippen molar-refractivity contribution in [2.45, 2.75) is 57.0 Å². The molecule has 22 heavy (non-hydrogen) atoms. The van der Waals surface area contributed by atoms with Gasteiger partial charge in [-0.15, -0.1) is 11.3 Å². The van der Waals surface area contributed by atoms with Crippen LogP contribution in [0, 0.1) is 5.92 Å². The van der Waals surface area contributed by atoms with E-state index in [0.29, 0.717) is 30.2 Å². The molecule has 0 spiro atoms. The lowest BCUT2D eigenvalue weighted by Crippen LogP contribution is -2.46. The van der Waals surface area contributed by atoms with E-state index in [9.17, 15) is 14.7 Å². The molecule has 3 unspecified atom stereocenters. The summed E-state index contributed by atoms with van der Waals surface area (Å²) in [4.78, 5) is 26.9. The normalized spacial score (nSPS) is 27.7. The minimum absolute atomic E-state index is 0.0219. The first-order valence-electron chi connectivity index (χ1n) is 7.83. The number of carboxylic acids is 1. The smallest absolute Gasteiger partial charge is 0.326 e. The maximum absolute atomic E-state index is 12.6. The van der Waals surface area contributed by atoms with E-state index in [1.54, 1.807) is 16.2 Å². The topological polar surface area (TPSA) is 57.6 Å². The van der Waals surface area contributed by atoms with Crippen LogP contribution in [0.25, 0.3) is 0 Å². The molecule has 0 radical (unpaired) electrons. The third kappa shape index (κ3) is 3.15. The lowest BCUT2D eigenvalue weighted by Gasteiger charge is -2.33. The Hall–Kier alpha value is -1.07. The summed E-state index contributed by atoms with van der Waals surface area (Å²) in [5.74, 6) is -0.511. The summed E-state index contributed by atoms with van der Waals surface area (Å²) >= 11 is 7.44. The summed E-state index contributed by atoms with van der Waals surface area (Å²) in [7, 11) is 0. The zero-order valence-corrected chi connectivity index (χ0v) is 13.9. The minimum atomic E-state index is -0.859. The number of amides is 1. The van der Waals surface area contributed by atoms with Crippen LogP contribution in [0.15, 0.2) is 11.4 Å². The lowest BCUT2D eigenvalue weighted by molar-refractivity contribution is -0.149. The molecule has 4 nitrogen and oxygen atoms in total. The van der Waals surface area contributed by atoms with Crippen molar-refractivity contribution in [2.75, 3.05) is 0 Å². The summed E-state index contributed by atoms with van der Waals surface area (Å²) in [5.41, 5.74) is 0. The van der Waals surface area contributed by atoms with Crippen LogP contribution in [0.4, 0.5) is 0 Å². The van der Waals surface area contributed by atoms with Crippen LogP contribution in [0.2, 0.25) is 5.02 Å². The summed E-state index contributed by atoms with van der Waals surface area (Å²) in [6.45, 7) is 0. The van der Waals surface area contributed by atoms with Crippen molar-refractivity contribution in [1.29, 1.82) is 0 Å². The first kappa shape index (κ1) is 15.8. The Labute approximate surface area is 139 Å². The first-order valence-corrected chi connectivity index (χ1v) is 9.09. The molecule has 2 heterocycles. The number of carboxylic acid groups (broad SMARTS) is 1. The van der Waals surface area contributed by atoms with Gasteiger partial charge < -0.3 is 10.0 Å². The molecule has 2 aliphatic rings. The van der Waals surface area contributed by atoms with Gasteiger partial charge in [0.25, 0.3) is 0 Å². The molecular weight excluding hydrogens is 322 g/mol. The number of aryl methyl sites for hydroxylation is 1. The number of nitrogens with zero attached hydrogens (tertiary/aromatic N) is 1. The Bertz CT molecular complexity index is 573. The molecule has 1 aromatic heterocycles. The van der Waals surface area contributed by atoms with Gasteiger partial charge in [0, 0.05) is 22.7 Å². The molecule has 6 heteroatoms. The Morgan fingerprint density at radius 3 is 2.82 bits per heavy atom. The molecule has 3 atom stereocenters. The van der Waals surface area contributed by atoms with E-state index in [1.807, 2.05) is 11.4 Å². The van der Waals surface area contributed by atoms with E-state index in [0.717, 1.165) is 30.6 Å². The highest BCUT2D eigenvalue weighted by atomic mass is 35.5. The van der Waals surface area contributed by atoms with Crippen LogP contribution in [0.1, 0.15) is 43.4 Å². The molecule has 1 aliphatic carbocycles. The first-order chi connectivity index (χ1) is 10.6. The maximum atomic E-state index is 12.6. The van der Waals surface area contributed by atoms with Gasteiger partial charge in [-0.25, -0.2) is 4.79 Å². The van der Waals surface area contributed by atoms with E-state index in [-0.39, 0.29) is 11.9 Å². The standard InChI is InChI=1S/C16H20ClNO3S/c17-11-8-12(22-9-11)5-6-15(19)18-13-4-2-1-3-10(13)7-14(18)16(20)21/h8-10,13-14H,1-7H2,(H,20,21). The third-order valence-corrected chi connectivity index (χ3v) is 6.21. The van der Waals surface area contributed by atoms with Crippen LogP contribution < -0.4 is 0 Å². The third-order valence-electron chi connectivity index (χ3n) is 4.87. The van der Waals surface area contributed by atoms with E-state index in [4.69, 9.17) is 11.6 Å². The fraction of sp³-hybridized carbons (Fsp3) is 0.625. The predicted octanol–water partition coefficient (Wildman–Crippen LogP) is 3.58. The van der Waals surface area contributed by atoms with Gasteiger partial charge >= 0.3 is 5.97 Å². The molecule has 120 valence electrons. The Morgan fingerprint density at radius 2 is 2.14 bits per heavy atom. The zero-order chi connectivity index (χ0) is 15.7. The highest BCUT2D eigenvalue weighted by molar-refractivity contribution is 7.10. The van der Waals surface area contributed by atoms with Gasteiger partial charge in [0.2, 0.25) is 5.91 Å². The van der Waals surface area contributed by atoms with Crippen molar-refractivity contribution in [2.24, 2.45) is 5.92 Å². The second kappa shape index (κ2) is 6.59. The van der Waals surface area contributed by atoms with Crippen molar-refractivity contribution >= 4 is 34.8 Å². The number of hydrogen-bond donors (Lipinski definition) is 1. The molecule has 1 amide bonds. The monoisotopic (exact) mass is 341 g/mol. The largest absolute Gasteiger partial charge is 0.480 e. The molecule has 2 fully saturated rings. The van der Waals surface area contributed by atoms with Gasteiger partial charge in [-0.2, -0.15) is 0 Å². The number of hydrogen-bond acceptors (Lipinski definition) is 3. The van der Waals surface area contributed by atoms with Crippen LogP contribution in [-0.4, -0.2) is 34.0 Å². The zero-order valence-electron chi connectivity index (χ0n) is 12.3. The Morgan fingerprint density at radius 1 is 1.36 bits per heavy atom. The van der Waals surface area contributed by atoms with Crippen LogP contribution in [-0.2, 0) is 16.0 Å². The Balaban J connectivity index is 1.69. The maximum Gasteiger partial charge on any atom is 0.326 e. The van der Waals surface area contributed by atoms with Crippen molar-refractivity contribution in [3.63, 3.8) is 0 Å². The number of carbonyl (C=O) groups excluding carboxylic acids is 1. The van der Waals surface area contributed by atoms with Crippen LogP contribution >= 0.6 is 22.9 Å². The molecular formula is C16H20ClNO3S. The summed E-state index contributed by atoms with van der Waals surface area (Å²) in [5, 5.41) is 12.0. The summed E-state index contributed by atoms with van der Waals surface area (Å²) in [6.07, 6.45) is 5.88. The van der Waals surface area contributed by atoms with Gasteiger partial charge in [-0.05, 0) is 37.7 Å². The van der Waals surface area contributed by atoms with Crippen LogP contribution in [0.5, 0.6) is 0 Å². The Kier molecular flexibility index (Phi) is 4.73. The summed E-state index contributed by atoms with van der Waals surface area (Å²) in [6, 6.07) is 1.38. The van der Waals surface area contributed by atoms with Gasteiger partial charge in [0.05, 0.1) is 5.02 Å². The average molecular weight is 342 g/mol. The second-order valence-electron chi connectivity index (χ2n) is 6.23. The number of fused-ring (bicyclic) bond motifs is 1. The molecule has 1 saturated carbocycles. The fourth-order valence-electron chi connectivity index (χ4n) is 3.88. The second-order valence-corrected chi connectivity index (χ2v) is 7.67. The summed E-state index contributed by atoms with van der Waals surface area (Å²) < 4.78 is 0. The number of aliphatic carboxylic acids is 1. The molecule has 3 rings (SSSR count). The van der Waals surface area contributed by atoms with Gasteiger partial charge in [0.15, 0.2) is 0 Å². The quantitative estimate of drug-likeness (QED) is 0.910. The van der Waals surface area contributed by atoms with Crippen molar-refractivity contribution in [1.82, 2.24) is 4.90 Å². The van der Waals surface area contributed by atoms with E-state index in [2.05, 4.69) is 0 Å². The van der Waals surface area contributed by atoms with Gasteiger partial charge in [-0.1, -0.05) is 24.4 Å². The van der Waals surface area contributed by atoms with Gasteiger partial charge in [0.1, 0.15) is 6.04 Å². The fourth-order valence-corrected chi connectivity index (χ4v) is 4.96. The molecule has 1 saturated heterocycles. The highest BCUT2D eigenvalue weighted by Gasteiger charge is 2.47. The number of likely N-dealkylation sites (tertiary alicyclic amines) is 1. The minimum Gasteiger partial charge on any atom is -0.480 e. The van der Waals surface area contributed by atoms with E-state index < -0.39 is 12.0 Å². The molecule has 0 aromatic carbocycles. The SMILES string of the molecule is O=C(O)C1CC2CCCCC2N1C(=O)CCc1cc(Cl)cs1. The van der Waals surface area contributed by atoms with E-state index >= 15 is 0 Å². The number of halogens is 1. The average Bonchev–Trinajstić information content (AvgIpc) is 3.08. The number of carbonyl (C=O) groups is 2. The van der Waals surface area contributed by atoms with Crippen molar-refractivity contribution in [3.8, 4) is 0 Å². The number of rotatable bonds is 4.